The number of nitrogens with two attached hydrogens (primary N) is 1. The molecule has 0 aromatic heterocycles. The van der Waals surface area contributed by atoms with Crippen LogP contribution in [0.1, 0.15) is 20.3 Å². The number of carboxylic acids is 1. The lowest BCUT2D eigenvalue weighted by atomic mass is 9.92. The van der Waals surface area contributed by atoms with E-state index in [1.807, 2.05) is 6.26 Å². The zero-order valence-corrected chi connectivity index (χ0v) is 10.8. The maximum absolute atomic E-state index is 11.7. The van der Waals surface area contributed by atoms with Gasteiger partial charge in [-0.3, -0.25) is 4.79 Å². The van der Waals surface area contributed by atoms with E-state index in [1.165, 1.54) is 0 Å². The quantitative estimate of drug-likeness (QED) is 0.602. The molecule has 16 heavy (non-hydrogen) atoms. The van der Waals surface area contributed by atoms with E-state index in [1.54, 1.807) is 25.6 Å². The molecular formula is C10H20N2O3S. The van der Waals surface area contributed by atoms with Crippen molar-refractivity contribution in [2.24, 2.45) is 11.1 Å². The minimum atomic E-state index is -1.00. The van der Waals surface area contributed by atoms with Gasteiger partial charge in [-0.25, -0.2) is 4.79 Å². The lowest BCUT2D eigenvalue weighted by molar-refractivity contribution is -0.143. The molecule has 0 rings (SSSR count). The van der Waals surface area contributed by atoms with Gasteiger partial charge in [0.25, 0.3) is 0 Å². The summed E-state index contributed by atoms with van der Waals surface area (Å²) >= 11 is 1.55. The van der Waals surface area contributed by atoms with Crippen LogP contribution in [0.2, 0.25) is 0 Å². The molecule has 0 saturated carbocycles. The maximum atomic E-state index is 11.7. The first-order valence-corrected chi connectivity index (χ1v) is 6.47. The third kappa shape index (κ3) is 4.85. The first-order valence-electron chi connectivity index (χ1n) is 5.08. The van der Waals surface area contributed by atoms with Crippen LogP contribution in [0.5, 0.6) is 0 Å². The van der Waals surface area contributed by atoms with Crippen LogP contribution in [-0.4, -0.2) is 41.6 Å². The number of carboxylic acid groups (broad SMARTS) is 1. The number of carbonyl (C=O) groups is 2. The van der Waals surface area contributed by atoms with E-state index in [9.17, 15) is 9.59 Å². The topological polar surface area (TPSA) is 92.4 Å². The second kappa shape index (κ2) is 6.75. The summed E-state index contributed by atoms with van der Waals surface area (Å²) < 4.78 is 0. The highest BCUT2D eigenvalue weighted by Crippen LogP contribution is 2.13. The van der Waals surface area contributed by atoms with Crippen LogP contribution >= 0.6 is 11.8 Å². The number of aliphatic carboxylic acids is 1. The SMILES string of the molecule is CSCC[C@@H](NC(=O)C(C)(C)CN)C(=O)O. The largest absolute Gasteiger partial charge is 0.480 e. The molecule has 0 aromatic rings. The number of rotatable bonds is 7. The first-order chi connectivity index (χ1) is 7.35. The molecule has 0 saturated heterocycles. The van der Waals surface area contributed by atoms with Crippen LogP contribution in [0.15, 0.2) is 0 Å². The summed E-state index contributed by atoms with van der Waals surface area (Å²) in [6, 6.07) is -0.828. The summed E-state index contributed by atoms with van der Waals surface area (Å²) in [5.74, 6) is -0.626. The van der Waals surface area contributed by atoms with E-state index in [2.05, 4.69) is 5.32 Å². The summed E-state index contributed by atoms with van der Waals surface area (Å²) in [7, 11) is 0. The van der Waals surface area contributed by atoms with Gasteiger partial charge in [0.15, 0.2) is 0 Å². The van der Waals surface area contributed by atoms with E-state index in [0.29, 0.717) is 12.2 Å². The van der Waals surface area contributed by atoms with E-state index >= 15 is 0 Å². The minimum absolute atomic E-state index is 0.188. The van der Waals surface area contributed by atoms with Crippen molar-refractivity contribution in [3.63, 3.8) is 0 Å². The third-order valence-electron chi connectivity index (χ3n) is 2.34. The van der Waals surface area contributed by atoms with Crippen molar-refractivity contribution in [2.75, 3.05) is 18.6 Å². The highest BCUT2D eigenvalue weighted by Gasteiger charge is 2.29. The summed E-state index contributed by atoms with van der Waals surface area (Å²) in [6.45, 7) is 3.57. The Bertz CT molecular complexity index is 256. The van der Waals surface area contributed by atoms with Crippen LogP contribution in [-0.2, 0) is 9.59 Å². The van der Waals surface area contributed by atoms with E-state index < -0.39 is 17.4 Å². The molecule has 4 N–H and O–H groups in total. The van der Waals surface area contributed by atoms with Gasteiger partial charge in [-0.1, -0.05) is 0 Å². The molecule has 0 radical (unpaired) electrons. The normalized spacial score (nSPS) is 13.2. The molecule has 0 aromatic carbocycles. The standard InChI is InChI=1S/C10H20N2O3S/c1-10(2,6-11)9(15)12-7(8(13)14)4-5-16-3/h7H,4-6,11H2,1-3H3,(H,12,15)(H,13,14)/t7-/m1/s1. The number of thioether (sulfide) groups is 1. The Morgan fingerprint density at radius 1 is 1.50 bits per heavy atom. The highest BCUT2D eigenvalue weighted by atomic mass is 32.2. The Hall–Kier alpha value is -0.750. The van der Waals surface area contributed by atoms with Gasteiger partial charge in [0.05, 0.1) is 5.41 Å². The number of carbonyl (C=O) groups excluding carboxylic acids is 1. The molecule has 0 aliphatic carbocycles. The molecule has 0 aliphatic rings. The number of amides is 1. The average molecular weight is 248 g/mol. The number of hydrogen-bond donors (Lipinski definition) is 3. The minimum Gasteiger partial charge on any atom is -0.480 e. The smallest absolute Gasteiger partial charge is 0.326 e. The fourth-order valence-electron chi connectivity index (χ4n) is 0.939. The number of nitrogens with one attached hydrogen (secondary N) is 1. The second-order valence-corrected chi connectivity index (χ2v) is 5.22. The van der Waals surface area contributed by atoms with Crippen molar-refractivity contribution in [3.8, 4) is 0 Å². The second-order valence-electron chi connectivity index (χ2n) is 4.23. The summed E-state index contributed by atoms with van der Waals surface area (Å²) in [4.78, 5) is 22.6. The van der Waals surface area contributed by atoms with Crippen LogP contribution in [0.25, 0.3) is 0 Å². The summed E-state index contributed by atoms with van der Waals surface area (Å²) in [5.41, 5.74) is 4.72. The van der Waals surface area contributed by atoms with Crippen LogP contribution in [0.4, 0.5) is 0 Å². The lowest BCUT2D eigenvalue weighted by Crippen LogP contribution is -2.49. The Morgan fingerprint density at radius 2 is 2.06 bits per heavy atom. The van der Waals surface area contributed by atoms with Crippen LogP contribution < -0.4 is 11.1 Å². The predicted octanol–water partition coefficient (Wildman–Crippen LogP) is 0.294. The average Bonchev–Trinajstić information content (AvgIpc) is 2.23. The fraction of sp³-hybridized carbons (Fsp3) is 0.800. The Kier molecular flexibility index (Phi) is 6.43. The Labute approximate surface area is 100 Å². The highest BCUT2D eigenvalue weighted by molar-refractivity contribution is 7.98. The molecule has 0 bridgehead atoms. The molecule has 5 nitrogen and oxygen atoms in total. The third-order valence-corrected chi connectivity index (χ3v) is 2.98. The van der Waals surface area contributed by atoms with Crippen LogP contribution in [0.3, 0.4) is 0 Å². The summed E-state index contributed by atoms with van der Waals surface area (Å²) in [5, 5.41) is 11.4. The van der Waals surface area contributed by atoms with Gasteiger partial charge >= 0.3 is 5.97 Å². The number of hydrogen-bond acceptors (Lipinski definition) is 4. The fourth-order valence-corrected chi connectivity index (χ4v) is 1.41. The van der Waals surface area contributed by atoms with Gasteiger partial charge in [-0.2, -0.15) is 11.8 Å². The monoisotopic (exact) mass is 248 g/mol. The predicted molar refractivity (Wildman–Crippen MR) is 65.4 cm³/mol. The molecule has 6 heteroatoms. The zero-order valence-electron chi connectivity index (χ0n) is 9.95. The molecule has 0 fully saturated rings. The van der Waals surface area contributed by atoms with Gasteiger partial charge < -0.3 is 16.2 Å². The van der Waals surface area contributed by atoms with E-state index in [0.717, 1.165) is 0 Å². The van der Waals surface area contributed by atoms with Gasteiger partial charge in [0.1, 0.15) is 6.04 Å². The van der Waals surface area contributed by atoms with Gasteiger partial charge in [-0.15, -0.1) is 0 Å². The molecule has 1 atom stereocenters. The molecule has 0 unspecified atom stereocenters. The maximum Gasteiger partial charge on any atom is 0.326 e. The lowest BCUT2D eigenvalue weighted by Gasteiger charge is -2.24. The van der Waals surface area contributed by atoms with Crippen molar-refractivity contribution in [1.82, 2.24) is 5.32 Å². The first kappa shape index (κ1) is 15.2. The van der Waals surface area contributed by atoms with Gasteiger partial charge in [0.2, 0.25) is 5.91 Å². The van der Waals surface area contributed by atoms with Crippen molar-refractivity contribution in [2.45, 2.75) is 26.3 Å². The summed E-state index contributed by atoms with van der Waals surface area (Å²) in [6.07, 6.45) is 2.31. The van der Waals surface area contributed by atoms with E-state index in [4.69, 9.17) is 10.8 Å². The Morgan fingerprint density at radius 3 is 2.44 bits per heavy atom. The molecule has 0 heterocycles. The molecule has 1 amide bonds. The van der Waals surface area contributed by atoms with Crippen molar-refractivity contribution in [3.05, 3.63) is 0 Å². The zero-order chi connectivity index (χ0) is 12.8. The van der Waals surface area contributed by atoms with E-state index in [-0.39, 0.29) is 12.5 Å². The molecule has 0 aliphatic heterocycles. The Balaban J connectivity index is 4.40. The van der Waals surface area contributed by atoms with Crippen molar-refractivity contribution < 1.29 is 14.7 Å². The molecule has 94 valence electrons. The molecule has 0 spiro atoms. The van der Waals surface area contributed by atoms with Crippen molar-refractivity contribution >= 4 is 23.6 Å². The molecular weight excluding hydrogens is 228 g/mol. The van der Waals surface area contributed by atoms with Crippen LogP contribution in [0, 0.1) is 5.41 Å². The van der Waals surface area contributed by atoms with Gasteiger partial charge in [-0.05, 0) is 32.3 Å². The van der Waals surface area contributed by atoms with Crippen molar-refractivity contribution in [1.29, 1.82) is 0 Å². The van der Waals surface area contributed by atoms with Gasteiger partial charge in [0, 0.05) is 6.54 Å².